The fourth-order valence-corrected chi connectivity index (χ4v) is 2.18. The largest absolute Gasteiger partial charge is 0.371 e. The Morgan fingerprint density at radius 3 is 2.79 bits per heavy atom. The van der Waals surface area contributed by atoms with Crippen LogP contribution in [0.3, 0.4) is 0 Å². The smallest absolute Gasteiger partial charge is 0.186 e. The molecule has 0 radical (unpaired) electrons. The minimum Gasteiger partial charge on any atom is -0.371 e. The fourth-order valence-electron chi connectivity index (χ4n) is 2.18. The number of nitrogens with one attached hydrogen (secondary N) is 1. The number of ether oxygens (including phenoxy) is 1. The molecule has 1 aromatic rings. The van der Waals surface area contributed by atoms with Crippen molar-refractivity contribution in [2.75, 3.05) is 32.1 Å². The van der Waals surface area contributed by atoms with Crippen LogP contribution in [0.5, 0.6) is 0 Å². The molecule has 0 aliphatic carbocycles. The molecule has 1 aromatic heterocycles. The Morgan fingerprint density at radius 2 is 2.16 bits per heavy atom. The highest BCUT2D eigenvalue weighted by Gasteiger charge is 2.26. The van der Waals surface area contributed by atoms with Gasteiger partial charge in [-0.05, 0) is 20.8 Å². The van der Waals surface area contributed by atoms with Gasteiger partial charge in [-0.15, -0.1) is 0 Å². The van der Waals surface area contributed by atoms with Crippen LogP contribution >= 0.6 is 0 Å². The van der Waals surface area contributed by atoms with Crippen molar-refractivity contribution in [1.29, 1.82) is 0 Å². The van der Waals surface area contributed by atoms with Crippen molar-refractivity contribution in [3.8, 4) is 0 Å². The van der Waals surface area contributed by atoms with E-state index in [0.29, 0.717) is 24.2 Å². The Kier molecular flexibility index (Phi) is 4.31. The van der Waals surface area contributed by atoms with Gasteiger partial charge in [0.25, 0.3) is 0 Å². The first-order valence-corrected chi connectivity index (χ1v) is 6.60. The molecule has 0 saturated carbocycles. The molecular weight excluding hydrogens is 247 g/mol. The van der Waals surface area contributed by atoms with E-state index >= 15 is 0 Å². The van der Waals surface area contributed by atoms with Gasteiger partial charge in [-0.1, -0.05) is 0 Å². The topological polar surface area (TPSA) is 50.3 Å². The molecule has 1 aliphatic heterocycles. The van der Waals surface area contributed by atoms with Gasteiger partial charge in [0.15, 0.2) is 17.5 Å². The van der Waals surface area contributed by atoms with Gasteiger partial charge < -0.3 is 10.1 Å². The van der Waals surface area contributed by atoms with E-state index < -0.39 is 5.82 Å². The summed E-state index contributed by atoms with van der Waals surface area (Å²) in [5, 5.41) is 2.75. The van der Waals surface area contributed by atoms with Crippen LogP contribution in [0, 0.1) is 12.7 Å². The molecule has 2 heterocycles. The molecule has 19 heavy (non-hydrogen) atoms. The zero-order valence-corrected chi connectivity index (χ0v) is 11.9. The average molecular weight is 268 g/mol. The van der Waals surface area contributed by atoms with E-state index in [1.165, 1.54) is 0 Å². The molecule has 1 aliphatic rings. The molecule has 1 atom stereocenters. The lowest BCUT2D eigenvalue weighted by Crippen LogP contribution is -2.42. The minimum atomic E-state index is -0.400. The molecule has 1 saturated heterocycles. The lowest BCUT2D eigenvalue weighted by atomic mass is 10.2. The second kappa shape index (κ2) is 5.79. The zero-order valence-electron chi connectivity index (χ0n) is 11.9. The van der Waals surface area contributed by atoms with Crippen LogP contribution in [0.15, 0.2) is 0 Å². The second-order valence-electron chi connectivity index (χ2n) is 5.03. The molecule has 1 N–H and O–H groups in total. The first kappa shape index (κ1) is 14.1. The number of aryl methyl sites for hydroxylation is 1. The predicted molar refractivity (Wildman–Crippen MR) is 71.7 cm³/mol. The van der Waals surface area contributed by atoms with Gasteiger partial charge in [-0.2, -0.15) is 0 Å². The molecule has 1 unspecified atom stereocenters. The monoisotopic (exact) mass is 268 g/mol. The summed E-state index contributed by atoms with van der Waals surface area (Å²) in [6, 6.07) is 0.455. The maximum Gasteiger partial charge on any atom is 0.186 e. The zero-order chi connectivity index (χ0) is 14.0. The number of anilines is 1. The number of nitrogens with zero attached hydrogens (tertiary/aromatic N) is 3. The Bertz CT molecular complexity index is 453. The third-order valence-electron chi connectivity index (χ3n) is 3.39. The molecule has 1 fully saturated rings. The summed E-state index contributed by atoms with van der Waals surface area (Å²) < 4.78 is 19.4. The lowest BCUT2D eigenvalue weighted by Gasteiger charge is -2.34. The maximum absolute atomic E-state index is 13.7. The minimum absolute atomic E-state index is 0.192. The van der Waals surface area contributed by atoms with Crippen molar-refractivity contribution >= 4 is 5.82 Å². The highest BCUT2D eigenvalue weighted by Crippen LogP contribution is 2.23. The van der Waals surface area contributed by atoms with Crippen LogP contribution in [0.2, 0.25) is 0 Å². The van der Waals surface area contributed by atoms with Crippen LogP contribution in [0.4, 0.5) is 10.2 Å². The third kappa shape index (κ3) is 3.01. The Hall–Kier alpha value is -1.27. The van der Waals surface area contributed by atoms with Crippen LogP contribution in [0.1, 0.15) is 31.5 Å². The SMILES string of the molecule is CNc1nc(C2CN(C(C)C)CCO2)nc(C)c1F. The number of rotatable bonds is 3. The third-order valence-corrected chi connectivity index (χ3v) is 3.39. The van der Waals surface area contributed by atoms with E-state index in [1.807, 2.05) is 0 Å². The maximum atomic E-state index is 13.7. The van der Waals surface area contributed by atoms with E-state index in [4.69, 9.17) is 4.74 Å². The molecule has 106 valence electrons. The quantitative estimate of drug-likeness (QED) is 0.905. The standard InChI is InChI=1S/C13H21FN4O/c1-8(2)18-5-6-19-10(7-18)12-16-9(3)11(14)13(15-4)17-12/h8,10H,5-7H2,1-4H3,(H,15,16,17). The van der Waals surface area contributed by atoms with Gasteiger partial charge in [0.05, 0.1) is 12.3 Å². The number of aromatic nitrogens is 2. The van der Waals surface area contributed by atoms with E-state index in [0.717, 1.165) is 13.1 Å². The van der Waals surface area contributed by atoms with E-state index in [-0.39, 0.29) is 11.9 Å². The number of halogens is 1. The van der Waals surface area contributed by atoms with Crippen LogP contribution in [-0.4, -0.2) is 47.7 Å². The van der Waals surface area contributed by atoms with Crippen LogP contribution in [0.25, 0.3) is 0 Å². The molecule has 0 amide bonds. The van der Waals surface area contributed by atoms with Gasteiger partial charge in [0.2, 0.25) is 0 Å². The molecule has 0 bridgehead atoms. The summed E-state index contributed by atoms with van der Waals surface area (Å²) >= 11 is 0. The molecule has 0 spiro atoms. The van der Waals surface area contributed by atoms with Gasteiger partial charge in [-0.25, -0.2) is 14.4 Å². The summed E-state index contributed by atoms with van der Waals surface area (Å²) in [4.78, 5) is 10.8. The molecular formula is C13H21FN4O. The van der Waals surface area contributed by atoms with E-state index in [2.05, 4.69) is 34.0 Å². The number of morpholine rings is 1. The van der Waals surface area contributed by atoms with Crippen LogP contribution < -0.4 is 5.32 Å². The van der Waals surface area contributed by atoms with Crippen molar-refractivity contribution in [3.05, 3.63) is 17.3 Å². The van der Waals surface area contributed by atoms with Gasteiger partial charge >= 0.3 is 0 Å². The van der Waals surface area contributed by atoms with Crippen molar-refractivity contribution in [2.24, 2.45) is 0 Å². The van der Waals surface area contributed by atoms with Gasteiger partial charge in [-0.3, -0.25) is 4.90 Å². The summed E-state index contributed by atoms with van der Waals surface area (Å²) in [6.45, 7) is 8.25. The number of hydrogen-bond acceptors (Lipinski definition) is 5. The predicted octanol–water partition coefficient (Wildman–Crippen LogP) is 1.75. The molecule has 5 nitrogen and oxygen atoms in total. The second-order valence-corrected chi connectivity index (χ2v) is 5.03. The lowest BCUT2D eigenvalue weighted by molar-refractivity contribution is -0.0443. The van der Waals surface area contributed by atoms with Crippen molar-refractivity contribution in [2.45, 2.75) is 32.9 Å². The van der Waals surface area contributed by atoms with Crippen molar-refractivity contribution in [1.82, 2.24) is 14.9 Å². The first-order valence-electron chi connectivity index (χ1n) is 6.60. The first-order chi connectivity index (χ1) is 9.02. The molecule has 0 aromatic carbocycles. The highest BCUT2D eigenvalue weighted by atomic mass is 19.1. The summed E-state index contributed by atoms with van der Waals surface area (Å²) in [6.07, 6.45) is -0.192. The summed E-state index contributed by atoms with van der Waals surface area (Å²) in [5.74, 6) is 0.379. The van der Waals surface area contributed by atoms with Crippen molar-refractivity contribution in [3.63, 3.8) is 0 Å². The van der Waals surface area contributed by atoms with Gasteiger partial charge in [0, 0.05) is 26.2 Å². The Balaban J connectivity index is 2.24. The van der Waals surface area contributed by atoms with Gasteiger partial charge in [0.1, 0.15) is 6.10 Å². The van der Waals surface area contributed by atoms with Crippen molar-refractivity contribution < 1.29 is 9.13 Å². The number of hydrogen-bond donors (Lipinski definition) is 1. The Morgan fingerprint density at radius 1 is 1.42 bits per heavy atom. The molecule has 2 rings (SSSR count). The van der Waals surface area contributed by atoms with E-state index in [9.17, 15) is 4.39 Å². The fraction of sp³-hybridized carbons (Fsp3) is 0.692. The summed E-state index contributed by atoms with van der Waals surface area (Å²) in [5.41, 5.74) is 0.347. The van der Waals surface area contributed by atoms with E-state index in [1.54, 1.807) is 14.0 Å². The summed E-state index contributed by atoms with van der Waals surface area (Å²) in [7, 11) is 1.65. The van der Waals surface area contributed by atoms with Crippen LogP contribution in [-0.2, 0) is 4.74 Å². The molecule has 6 heteroatoms. The highest BCUT2D eigenvalue weighted by molar-refractivity contribution is 5.37. The average Bonchev–Trinajstić information content (AvgIpc) is 2.41. The normalized spacial score (nSPS) is 20.8. The Labute approximate surface area is 113 Å².